The lowest BCUT2D eigenvalue weighted by Crippen LogP contribution is -1.99. The van der Waals surface area contributed by atoms with Crippen LogP contribution in [0.1, 0.15) is 20.3 Å². The molecule has 0 aromatic carbocycles. The van der Waals surface area contributed by atoms with E-state index in [2.05, 4.69) is 0 Å². The zero-order valence-electron chi connectivity index (χ0n) is 5.46. The number of rotatable bonds is 2. The molecule has 0 heterocycles. The summed E-state index contributed by atoms with van der Waals surface area (Å²) in [6, 6.07) is 0. The van der Waals surface area contributed by atoms with Crippen molar-refractivity contribution in [2.24, 2.45) is 5.92 Å². The molecule has 0 aromatic heterocycles. The monoisotopic (exact) mass is 174 g/mol. The normalized spacial score (nSPS) is 7.44. The van der Waals surface area contributed by atoms with Crippen molar-refractivity contribution in [1.29, 1.82) is 0 Å². The van der Waals surface area contributed by atoms with Crippen molar-refractivity contribution < 1.29 is 9.90 Å². The molecule has 0 aromatic rings. The predicted octanol–water partition coefficient (Wildman–Crippen LogP) is 1.96. The third-order valence-electron chi connectivity index (χ3n) is 0.583. The maximum absolute atomic E-state index is 9.81. The Morgan fingerprint density at radius 1 is 1.44 bits per heavy atom. The summed E-state index contributed by atoms with van der Waals surface area (Å²) in [4.78, 5) is 9.81. The van der Waals surface area contributed by atoms with E-state index in [0.29, 0.717) is 0 Å². The van der Waals surface area contributed by atoms with Crippen LogP contribution in [0.3, 0.4) is 0 Å². The van der Waals surface area contributed by atoms with E-state index in [1.807, 2.05) is 13.8 Å². The second-order valence-electron chi connectivity index (χ2n) is 1.99. The van der Waals surface area contributed by atoms with Gasteiger partial charge in [-0.2, -0.15) is 0 Å². The summed E-state index contributed by atoms with van der Waals surface area (Å²) in [5.41, 5.74) is 0. The minimum Gasteiger partial charge on any atom is -0.481 e. The van der Waals surface area contributed by atoms with E-state index >= 15 is 0 Å². The smallest absolute Gasteiger partial charge is 0.303 e. The summed E-state index contributed by atoms with van der Waals surface area (Å²) < 4.78 is 0. The predicted molar refractivity (Wildman–Crippen MR) is 41.6 cm³/mol. The highest BCUT2D eigenvalue weighted by atomic mass is 35.5. The Kier molecular flexibility index (Phi) is 14.3. The molecule has 1 N–H and O–H groups in total. The molecule has 2 nitrogen and oxygen atoms in total. The van der Waals surface area contributed by atoms with Crippen LogP contribution in [0.25, 0.3) is 0 Å². The molecule has 58 valence electrons. The first-order chi connectivity index (χ1) is 3.13. The fourth-order valence-electron chi connectivity index (χ4n) is 0.349. The molecule has 4 heteroatoms. The Hall–Kier alpha value is 0.0500. The van der Waals surface area contributed by atoms with Crippen molar-refractivity contribution in [2.75, 3.05) is 0 Å². The third-order valence-corrected chi connectivity index (χ3v) is 0.583. The van der Waals surface area contributed by atoms with Crippen molar-refractivity contribution in [3.63, 3.8) is 0 Å². The van der Waals surface area contributed by atoms with Gasteiger partial charge in [-0.25, -0.2) is 0 Å². The average molecular weight is 175 g/mol. The lowest BCUT2D eigenvalue weighted by Gasteiger charge is -1.94. The summed E-state index contributed by atoms with van der Waals surface area (Å²) in [6.45, 7) is 3.77. The second-order valence-corrected chi connectivity index (χ2v) is 1.99. The fraction of sp³-hybridized carbons (Fsp3) is 0.800. The lowest BCUT2D eigenvalue weighted by molar-refractivity contribution is -0.137. The van der Waals surface area contributed by atoms with Crippen molar-refractivity contribution in [1.82, 2.24) is 0 Å². The molecule has 0 fully saturated rings. The highest BCUT2D eigenvalue weighted by Crippen LogP contribution is 1.96. The van der Waals surface area contributed by atoms with Crippen LogP contribution >= 0.6 is 24.8 Å². The maximum atomic E-state index is 9.81. The minimum atomic E-state index is -0.713. The highest BCUT2D eigenvalue weighted by molar-refractivity contribution is 5.85. The van der Waals surface area contributed by atoms with E-state index in [1.54, 1.807) is 0 Å². The molecular weight excluding hydrogens is 163 g/mol. The van der Waals surface area contributed by atoms with Crippen LogP contribution in [0.15, 0.2) is 0 Å². The van der Waals surface area contributed by atoms with Gasteiger partial charge in [-0.3, -0.25) is 4.79 Å². The van der Waals surface area contributed by atoms with Gasteiger partial charge >= 0.3 is 5.97 Å². The van der Waals surface area contributed by atoms with Gasteiger partial charge in [0.2, 0.25) is 0 Å². The number of carbonyl (C=O) groups is 1. The molecule has 0 spiro atoms. The van der Waals surface area contributed by atoms with E-state index in [-0.39, 0.29) is 37.2 Å². The quantitative estimate of drug-likeness (QED) is 0.696. The molecule has 0 radical (unpaired) electrons. The third kappa shape index (κ3) is 18.0. The molecule has 0 aliphatic carbocycles. The van der Waals surface area contributed by atoms with Gasteiger partial charge in [0.05, 0.1) is 0 Å². The van der Waals surface area contributed by atoms with Crippen molar-refractivity contribution in [3.05, 3.63) is 0 Å². The van der Waals surface area contributed by atoms with Gasteiger partial charge < -0.3 is 5.11 Å². The summed E-state index contributed by atoms with van der Waals surface area (Å²) in [5, 5.41) is 8.08. The van der Waals surface area contributed by atoms with E-state index in [9.17, 15) is 4.79 Å². The molecule has 0 unspecified atom stereocenters. The van der Waals surface area contributed by atoms with Crippen LogP contribution in [-0.2, 0) is 4.79 Å². The molecule has 0 bridgehead atoms. The van der Waals surface area contributed by atoms with Gasteiger partial charge in [-0.15, -0.1) is 24.8 Å². The van der Waals surface area contributed by atoms with Crippen LogP contribution < -0.4 is 0 Å². The zero-order chi connectivity index (χ0) is 5.86. The van der Waals surface area contributed by atoms with Gasteiger partial charge in [-0.05, 0) is 5.92 Å². The van der Waals surface area contributed by atoms with Crippen LogP contribution in [0.2, 0.25) is 0 Å². The van der Waals surface area contributed by atoms with Crippen molar-refractivity contribution >= 4 is 30.8 Å². The molecule has 0 aliphatic rings. The molecule has 0 saturated heterocycles. The topological polar surface area (TPSA) is 37.3 Å². The Balaban J connectivity index is -0.000000180. The maximum Gasteiger partial charge on any atom is 0.303 e. The molecule has 0 rings (SSSR count). The van der Waals surface area contributed by atoms with Crippen LogP contribution in [0.5, 0.6) is 0 Å². The minimum absolute atomic E-state index is 0. The first-order valence-corrected chi connectivity index (χ1v) is 2.34. The first-order valence-electron chi connectivity index (χ1n) is 2.34. The summed E-state index contributed by atoms with van der Waals surface area (Å²) in [7, 11) is 0. The molecular formula is C5H12Cl2O2. The number of hydrogen-bond acceptors (Lipinski definition) is 1. The largest absolute Gasteiger partial charge is 0.481 e. The number of carboxylic acid groups (broad SMARTS) is 1. The van der Waals surface area contributed by atoms with E-state index in [4.69, 9.17) is 5.11 Å². The molecule has 0 atom stereocenters. The Morgan fingerprint density at radius 2 is 1.78 bits per heavy atom. The van der Waals surface area contributed by atoms with Crippen LogP contribution in [0.4, 0.5) is 0 Å². The Bertz CT molecular complexity index is 73.4. The Morgan fingerprint density at radius 3 is 1.78 bits per heavy atom. The highest BCUT2D eigenvalue weighted by Gasteiger charge is 1.98. The van der Waals surface area contributed by atoms with Crippen molar-refractivity contribution in [3.8, 4) is 0 Å². The number of hydrogen-bond donors (Lipinski definition) is 1. The summed E-state index contributed by atoms with van der Waals surface area (Å²) >= 11 is 0. The standard InChI is InChI=1S/C5H10O2.2ClH/c1-4(2)3-5(6)7;;/h4H,3H2,1-2H3,(H,6,7);2*1H. The van der Waals surface area contributed by atoms with Crippen LogP contribution in [-0.4, -0.2) is 11.1 Å². The van der Waals surface area contributed by atoms with Gasteiger partial charge in [0.15, 0.2) is 0 Å². The number of halogens is 2. The van der Waals surface area contributed by atoms with Crippen molar-refractivity contribution in [2.45, 2.75) is 20.3 Å². The van der Waals surface area contributed by atoms with Crippen LogP contribution in [0, 0.1) is 5.92 Å². The van der Waals surface area contributed by atoms with Gasteiger partial charge in [0.1, 0.15) is 0 Å². The molecule has 0 saturated carbocycles. The zero-order valence-corrected chi connectivity index (χ0v) is 7.09. The summed E-state index contributed by atoms with van der Waals surface area (Å²) in [6.07, 6.45) is 0.278. The fourth-order valence-corrected chi connectivity index (χ4v) is 0.349. The second kappa shape index (κ2) is 8.05. The van der Waals surface area contributed by atoms with Gasteiger partial charge in [-0.1, -0.05) is 13.8 Å². The first kappa shape index (κ1) is 16.0. The Labute approximate surface area is 67.5 Å². The number of carboxylic acids is 1. The van der Waals surface area contributed by atoms with E-state index in [1.165, 1.54) is 0 Å². The molecule has 0 amide bonds. The summed E-state index contributed by atoms with van der Waals surface area (Å²) in [5.74, 6) is -0.438. The average Bonchev–Trinajstić information content (AvgIpc) is 1.27. The SMILES string of the molecule is CC(C)CC(=O)O.Cl.Cl. The molecule has 0 aliphatic heterocycles. The number of aliphatic carboxylic acids is 1. The van der Waals surface area contributed by atoms with Gasteiger partial charge in [0.25, 0.3) is 0 Å². The van der Waals surface area contributed by atoms with E-state index in [0.717, 1.165) is 0 Å². The molecule has 9 heavy (non-hydrogen) atoms. The van der Waals surface area contributed by atoms with E-state index < -0.39 is 5.97 Å². The van der Waals surface area contributed by atoms with Gasteiger partial charge in [0, 0.05) is 6.42 Å². The lowest BCUT2D eigenvalue weighted by atomic mass is 10.1.